The van der Waals surface area contributed by atoms with Crippen molar-refractivity contribution in [2.45, 2.75) is 72.4 Å². The van der Waals surface area contributed by atoms with Crippen LogP contribution in [0.5, 0.6) is 0 Å². The predicted molar refractivity (Wildman–Crippen MR) is 161 cm³/mol. The van der Waals surface area contributed by atoms with Crippen LogP contribution in [0.4, 0.5) is 10.6 Å². The topological polar surface area (TPSA) is 93.8 Å². The first-order valence-electron chi connectivity index (χ1n) is 14.0. The van der Waals surface area contributed by atoms with Crippen molar-refractivity contribution in [1.82, 2.24) is 24.6 Å². The van der Waals surface area contributed by atoms with E-state index in [4.69, 9.17) is 5.10 Å². The number of carbonyl (C=O) groups excluding carboxylic acids is 1. The number of aromatic nitrogens is 4. The second-order valence-electron chi connectivity index (χ2n) is 11.0. The first-order chi connectivity index (χ1) is 19.2. The molecule has 4 aromatic rings. The van der Waals surface area contributed by atoms with Crippen molar-refractivity contribution in [3.63, 3.8) is 0 Å². The molecule has 2 heterocycles. The van der Waals surface area contributed by atoms with Crippen LogP contribution in [-0.2, 0) is 31.3 Å². The zero-order valence-corrected chi connectivity index (χ0v) is 24.2. The highest BCUT2D eigenvalue weighted by molar-refractivity contribution is 5.88. The van der Waals surface area contributed by atoms with Gasteiger partial charge < -0.3 is 5.32 Å². The van der Waals surface area contributed by atoms with E-state index >= 15 is 0 Å². The Morgan fingerprint density at radius 2 is 1.60 bits per heavy atom. The Hall–Kier alpha value is -4.20. The van der Waals surface area contributed by atoms with E-state index in [2.05, 4.69) is 84.9 Å². The Bertz CT molecular complexity index is 1480. The number of carbonyl (C=O) groups is 1. The standard InChI is InChI=1S/C32H40N6O2/c1-6-33-30(39)35-28-12-9-11-27(34-28)25-18-14-23(15-19-25)10-8-13-29-36-38(31(40)37(29)7-2)22-24-16-20-26(21-17-24)32(3,4)5/h9,11-12,14-21H,6-8,10,13,22H2,1-5H3,(H2,33,34,35,39). The summed E-state index contributed by atoms with van der Waals surface area (Å²) in [4.78, 5) is 29.4. The van der Waals surface area contributed by atoms with Crippen LogP contribution in [0.2, 0.25) is 0 Å². The summed E-state index contributed by atoms with van der Waals surface area (Å²) in [5.74, 6) is 1.34. The summed E-state index contributed by atoms with van der Waals surface area (Å²) >= 11 is 0. The number of urea groups is 1. The Morgan fingerprint density at radius 1 is 0.900 bits per heavy atom. The van der Waals surface area contributed by atoms with Crippen LogP contribution in [0.25, 0.3) is 11.3 Å². The van der Waals surface area contributed by atoms with Gasteiger partial charge in [-0.3, -0.25) is 9.88 Å². The van der Waals surface area contributed by atoms with E-state index in [0.717, 1.165) is 41.9 Å². The van der Waals surface area contributed by atoms with E-state index in [1.807, 2.05) is 26.0 Å². The number of benzene rings is 2. The molecule has 0 atom stereocenters. The zero-order chi connectivity index (χ0) is 28.7. The van der Waals surface area contributed by atoms with Gasteiger partial charge in [-0.05, 0) is 60.9 Å². The smallest absolute Gasteiger partial charge is 0.338 e. The molecule has 0 fully saturated rings. The van der Waals surface area contributed by atoms with E-state index in [1.165, 1.54) is 11.1 Å². The first-order valence-corrected chi connectivity index (χ1v) is 14.0. The first kappa shape index (κ1) is 28.8. The normalized spacial score (nSPS) is 11.4. The molecule has 0 aliphatic heterocycles. The van der Waals surface area contributed by atoms with Gasteiger partial charge in [0.2, 0.25) is 0 Å². The monoisotopic (exact) mass is 540 g/mol. The number of rotatable bonds is 10. The lowest BCUT2D eigenvalue weighted by Gasteiger charge is -2.19. The number of aryl methyl sites for hydroxylation is 2. The number of hydrogen-bond acceptors (Lipinski definition) is 4. The Morgan fingerprint density at radius 3 is 2.25 bits per heavy atom. The molecular formula is C32H40N6O2. The quantitative estimate of drug-likeness (QED) is 0.266. The third-order valence-electron chi connectivity index (χ3n) is 6.91. The second-order valence-corrected chi connectivity index (χ2v) is 11.0. The Labute approximate surface area is 236 Å². The van der Waals surface area contributed by atoms with E-state index < -0.39 is 0 Å². The number of amides is 2. The molecule has 40 heavy (non-hydrogen) atoms. The van der Waals surface area contributed by atoms with Gasteiger partial charge in [0, 0.05) is 25.1 Å². The van der Waals surface area contributed by atoms with Crippen molar-refractivity contribution >= 4 is 11.8 Å². The molecule has 2 amide bonds. The lowest BCUT2D eigenvalue weighted by atomic mass is 9.87. The summed E-state index contributed by atoms with van der Waals surface area (Å²) in [7, 11) is 0. The van der Waals surface area contributed by atoms with E-state index in [9.17, 15) is 9.59 Å². The third-order valence-corrected chi connectivity index (χ3v) is 6.91. The van der Waals surface area contributed by atoms with Gasteiger partial charge in [0.1, 0.15) is 11.6 Å². The van der Waals surface area contributed by atoms with Crippen LogP contribution in [0.15, 0.2) is 71.5 Å². The molecule has 210 valence electrons. The van der Waals surface area contributed by atoms with Crippen molar-refractivity contribution in [3.8, 4) is 11.3 Å². The molecule has 0 saturated carbocycles. The molecule has 4 rings (SSSR count). The molecule has 0 aliphatic rings. The van der Waals surface area contributed by atoms with Crippen molar-refractivity contribution in [2.75, 3.05) is 11.9 Å². The fourth-order valence-electron chi connectivity index (χ4n) is 4.65. The summed E-state index contributed by atoms with van der Waals surface area (Å²) < 4.78 is 3.36. The number of pyridine rings is 1. The number of nitrogens with one attached hydrogen (secondary N) is 2. The molecule has 0 aliphatic carbocycles. The molecule has 8 nitrogen and oxygen atoms in total. The van der Waals surface area contributed by atoms with Crippen LogP contribution in [0.3, 0.4) is 0 Å². The molecule has 2 N–H and O–H groups in total. The number of anilines is 1. The average Bonchev–Trinajstić information content (AvgIpc) is 3.22. The minimum atomic E-state index is -0.268. The summed E-state index contributed by atoms with van der Waals surface area (Å²) in [5, 5.41) is 10.2. The second kappa shape index (κ2) is 12.8. The maximum absolute atomic E-state index is 13.0. The van der Waals surface area contributed by atoms with Crippen LogP contribution < -0.4 is 16.3 Å². The Kier molecular flexibility index (Phi) is 9.19. The van der Waals surface area contributed by atoms with Gasteiger partial charge in [0.25, 0.3) is 0 Å². The number of hydrogen-bond donors (Lipinski definition) is 2. The molecular weight excluding hydrogens is 500 g/mol. The lowest BCUT2D eigenvalue weighted by Crippen LogP contribution is -2.28. The SMILES string of the molecule is CCNC(=O)Nc1cccc(-c2ccc(CCCc3nn(Cc4ccc(C(C)(C)C)cc4)c(=O)n3CC)cc2)n1. The molecule has 0 saturated heterocycles. The van der Waals surface area contributed by atoms with E-state index in [-0.39, 0.29) is 17.1 Å². The fourth-order valence-corrected chi connectivity index (χ4v) is 4.65. The Balaban J connectivity index is 1.37. The van der Waals surface area contributed by atoms with Crippen molar-refractivity contribution < 1.29 is 4.79 Å². The largest absolute Gasteiger partial charge is 0.346 e. The highest BCUT2D eigenvalue weighted by atomic mass is 16.2. The molecule has 0 bridgehead atoms. The van der Waals surface area contributed by atoms with Gasteiger partial charge in [-0.1, -0.05) is 75.4 Å². The highest BCUT2D eigenvalue weighted by Gasteiger charge is 2.15. The van der Waals surface area contributed by atoms with Gasteiger partial charge in [-0.25, -0.2) is 19.3 Å². The predicted octanol–water partition coefficient (Wildman–Crippen LogP) is 5.79. The van der Waals surface area contributed by atoms with Crippen molar-refractivity contribution in [2.24, 2.45) is 0 Å². The van der Waals surface area contributed by atoms with Crippen LogP contribution in [0, 0.1) is 0 Å². The maximum Gasteiger partial charge on any atom is 0.346 e. The molecule has 0 spiro atoms. The summed E-state index contributed by atoms with van der Waals surface area (Å²) in [5.41, 5.74) is 5.38. The zero-order valence-electron chi connectivity index (χ0n) is 24.2. The lowest BCUT2D eigenvalue weighted by molar-refractivity contribution is 0.252. The summed E-state index contributed by atoms with van der Waals surface area (Å²) in [6.07, 6.45) is 2.50. The highest BCUT2D eigenvalue weighted by Crippen LogP contribution is 2.23. The van der Waals surface area contributed by atoms with Gasteiger partial charge in [0.15, 0.2) is 0 Å². The van der Waals surface area contributed by atoms with Gasteiger partial charge in [-0.2, -0.15) is 5.10 Å². The summed E-state index contributed by atoms with van der Waals surface area (Å²) in [6, 6.07) is 22.1. The number of nitrogens with zero attached hydrogens (tertiary/aromatic N) is 4. The molecule has 0 radical (unpaired) electrons. The van der Waals surface area contributed by atoms with Gasteiger partial charge in [-0.15, -0.1) is 0 Å². The molecule has 2 aromatic carbocycles. The fraction of sp³-hybridized carbons (Fsp3) is 0.375. The minimum absolute atomic E-state index is 0.0573. The van der Waals surface area contributed by atoms with Crippen LogP contribution >= 0.6 is 0 Å². The molecule has 0 unspecified atom stereocenters. The van der Waals surface area contributed by atoms with Gasteiger partial charge >= 0.3 is 11.7 Å². The maximum atomic E-state index is 13.0. The molecule has 8 heteroatoms. The van der Waals surface area contributed by atoms with Crippen molar-refractivity contribution in [1.29, 1.82) is 0 Å². The minimum Gasteiger partial charge on any atom is -0.338 e. The third kappa shape index (κ3) is 7.25. The summed E-state index contributed by atoms with van der Waals surface area (Å²) in [6.45, 7) is 12.1. The van der Waals surface area contributed by atoms with Gasteiger partial charge in [0.05, 0.1) is 12.2 Å². The average molecular weight is 541 g/mol. The van der Waals surface area contributed by atoms with Crippen molar-refractivity contribution in [3.05, 3.63) is 99.7 Å². The van der Waals surface area contributed by atoms with Crippen LogP contribution in [-0.4, -0.2) is 31.9 Å². The van der Waals surface area contributed by atoms with E-state index in [0.29, 0.717) is 25.5 Å². The molecule has 2 aromatic heterocycles. The van der Waals surface area contributed by atoms with E-state index in [1.54, 1.807) is 15.3 Å². The van der Waals surface area contributed by atoms with Crippen LogP contribution in [0.1, 0.15) is 63.6 Å².